The molecule has 0 heterocycles. The standard InChI is InChI=1S/C14H19F2N3O3/c1-14(2,3)19-13(21)18-11(20)8-17-9-4-6-10(7-5-9)22-12(15)16/h4-7,12,17H,8H2,1-3H3,(H2,18,19,20,21). The number of hydrogen-bond donors (Lipinski definition) is 3. The van der Waals surface area contributed by atoms with Crippen LogP contribution in [0.25, 0.3) is 0 Å². The monoisotopic (exact) mass is 315 g/mol. The fourth-order valence-corrected chi connectivity index (χ4v) is 1.48. The first-order valence-electron chi connectivity index (χ1n) is 6.56. The Labute approximate surface area is 127 Å². The van der Waals surface area contributed by atoms with Crippen molar-refractivity contribution in [2.45, 2.75) is 32.9 Å². The third-order valence-corrected chi connectivity index (χ3v) is 2.27. The lowest BCUT2D eigenvalue weighted by atomic mass is 10.1. The summed E-state index contributed by atoms with van der Waals surface area (Å²) in [5.74, 6) is -0.496. The van der Waals surface area contributed by atoms with Crippen LogP contribution in [0.15, 0.2) is 24.3 Å². The van der Waals surface area contributed by atoms with E-state index in [1.54, 1.807) is 20.8 Å². The molecule has 0 bridgehead atoms. The molecule has 0 radical (unpaired) electrons. The summed E-state index contributed by atoms with van der Waals surface area (Å²) >= 11 is 0. The lowest BCUT2D eigenvalue weighted by Gasteiger charge is -2.20. The van der Waals surface area contributed by atoms with E-state index in [1.807, 2.05) is 0 Å². The molecule has 3 amide bonds. The van der Waals surface area contributed by atoms with Crippen LogP contribution in [0.4, 0.5) is 19.3 Å². The summed E-state index contributed by atoms with van der Waals surface area (Å²) in [6.45, 7) is 2.35. The number of amides is 3. The van der Waals surface area contributed by atoms with Gasteiger partial charge in [0.05, 0.1) is 6.54 Å². The summed E-state index contributed by atoms with van der Waals surface area (Å²) in [7, 11) is 0. The van der Waals surface area contributed by atoms with Gasteiger partial charge in [-0.1, -0.05) is 0 Å². The van der Waals surface area contributed by atoms with E-state index in [-0.39, 0.29) is 12.3 Å². The molecule has 0 aromatic heterocycles. The van der Waals surface area contributed by atoms with Crippen LogP contribution >= 0.6 is 0 Å². The van der Waals surface area contributed by atoms with Crippen LogP contribution in [0.2, 0.25) is 0 Å². The van der Waals surface area contributed by atoms with E-state index in [0.717, 1.165) is 0 Å². The van der Waals surface area contributed by atoms with Crippen LogP contribution in [-0.2, 0) is 4.79 Å². The Morgan fingerprint density at radius 2 is 1.77 bits per heavy atom. The second-order valence-electron chi connectivity index (χ2n) is 5.51. The smallest absolute Gasteiger partial charge is 0.387 e. The summed E-state index contributed by atoms with van der Waals surface area (Å²) in [6.07, 6.45) is 0. The quantitative estimate of drug-likeness (QED) is 0.779. The van der Waals surface area contributed by atoms with Crippen molar-refractivity contribution in [3.8, 4) is 5.75 Å². The summed E-state index contributed by atoms with van der Waals surface area (Å²) in [5.41, 5.74) is 0.0891. The number of carbonyl (C=O) groups is 2. The number of alkyl halides is 2. The highest BCUT2D eigenvalue weighted by atomic mass is 19.3. The first-order chi connectivity index (χ1) is 10.2. The highest BCUT2D eigenvalue weighted by Crippen LogP contribution is 2.17. The molecule has 0 aliphatic heterocycles. The van der Waals surface area contributed by atoms with Crippen LogP contribution in [-0.4, -0.2) is 30.6 Å². The van der Waals surface area contributed by atoms with Gasteiger partial charge in [0.15, 0.2) is 0 Å². The Morgan fingerprint density at radius 1 is 1.18 bits per heavy atom. The predicted molar refractivity (Wildman–Crippen MR) is 78.0 cm³/mol. The maximum Gasteiger partial charge on any atom is 0.387 e. The number of halogens is 2. The van der Waals surface area contributed by atoms with Crippen molar-refractivity contribution in [1.82, 2.24) is 10.6 Å². The number of rotatable bonds is 5. The minimum atomic E-state index is -2.88. The van der Waals surface area contributed by atoms with Gasteiger partial charge in [-0.05, 0) is 45.0 Å². The second-order valence-corrected chi connectivity index (χ2v) is 5.51. The van der Waals surface area contributed by atoms with Crippen LogP contribution in [0.1, 0.15) is 20.8 Å². The Bertz CT molecular complexity index is 513. The summed E-state index contributed by atoms with van der Waals surface area (Å²) in [4.78, 5) is 23.0. The fraction of sp³-hybridized carbons (Fsp3) is 0.429. The second kappa shape index (κ2) is 7.58. The van der Waals surface area contributed by atoms with Gasteiger partial charge in [0, 0.05) is 11.2 Å². The van der Waals surface area contributed by atoms with E-state index in [0.29, 0.717) is 5.69 Å². The summed E-state index contributed by atoms with van der Waals surface area (Å²) in [5, 5.41) is 7.51. The molecule has 122 valence electrons. The number of ether oxygens (including phenoxy) is 1. The van der Waals surface area contributed by atoms with E-state index >= 15 is 0 Å². The Balaban J connectivity index is 2.39. The number of carbonyl (C=O) groups excluding carboxylic acids is 2. The zero-order valence-electron chi connectivity index (χ0n) is 12.6. The van der Waals surface area contributed by atoms with Crippen molar-refractivity contribution < 1.29 is 23.1 Å². The minimum Gasteiger partial charge on any atom is -0.435 e. The number of hydrogen-bond acceptors (Lipinski definition) is 4. The van der Waals surface area contributed by atoms with Crippen molar-refractivity contribution in [3.05, 3.63) is 24.3 Å². The first-order valence-corrected chi connectivity index (χ1v) is 6.56. The van der Waals surface area contributed by atoms with Gasteiger partial charge in [0.2, 0.25) is 5.91 Å². The lowest BCUT2D eigenvalue weighted by Crippen LogP contribution is -2.49. The molecule has 0 saturated heterocycles. The fourth-order valence-electron chi connectivity index (χ4n) is 1.48. The molecule has 3 N–H and O–H groups in total. The molecule has 0 spiro atoms. The molecule has 8 heteroatoms. The van der Waals surface area contributed by atoms with Gasteiger partial charge in [-0.25, -0.2) is 4.79 Å². The Kier molecular flexibility index (Phi) is 6.09. The normalized spacial score (nSPS) is 11.0. The molecular weight excluding hydrogens is 296 g/mol. The number of urea groups is 1. The number of nitrogens with one attached hydrogen (secondary N) is 3. The molecule has 0 aliphatic carbocycles. The van der Waals surface area contributed by atoms with Gasteiger partial charge >= 0.3 is 12.6 Å². The number of anilines is 1. The zero-order valence-corrected chi connectivity index (χ0v) is 12.6. The summed E-state index contributed by atoms with van der Waals surface area (Å²) in [6, 6.07) is 5.08. The molecule has 1 rings (SSSR count). The van der Waals surface area contributed by atoms with E-state index in [4.69, 9.17) is 0 Å². The van der Waals surface area contributed by atoms with E-state index < -0.39 is 24.1 Å². The van der Waals surface area contributed by atoms with Crippen molar-refractivity contribution in [2.75, 3.05) is 11.9 Å². The van der Waals surface area contributed by atoms with Gasteiger partial charge in [0.1, 0.15) is 5.75 Å². The molecule has 0 atom stereocenters. The van der Waals surface area contributed by atoms with Crippen LogP contribution in [0.3, 0.4) is 0 Å². The van der Waals surface area contributed by atoms with Crippen LogP contribution in [0, 0.1) is 0 Å². The largest absolute Gasteiger partial charge is 0.435 e. The van der Waals surface area contributed by atoms with Gasteiger partial charge < -0.3 is 15.4 Å². The SMILES string of the molecule is CC(C)(C)NC(=O)NC(=O)CNc1ccc(OC(F)F)cc1. The van der Waals surface area contributed by atoms with Gasteiger partial charge in [-0.3, -0.25) is 10.1 Å². The topological polar surface area (TPSA) is 79.5 Å². The molecule has 1 aromatic carbocycles. The predicted octanol–water partition coefficient (Wildman–Crippen LogP) is 2.32. The highest BCUT2D eigenvalue weighted by Gasteiger charge is 2.15. The van der Waals surface area contributed by atoms with E-state index in [9.17, 15) is 18.4 Å². The molecule has 0 saturated carbocycles. The van der Waals surface area contributed by atoms with Gasteiger partial charge in [-0.15, -0.1) is 0 Å². The number of benzene rings is 1. The maximum atomic E-state index is 12.0. The average Bonchev–Trinajstić information content (AvgIpc) is 2.34. The molecule has 0 unspecified atom stereocenters. The van der Waals surface area contributed by atoms with Crippen LogP contribution in [0.5, 0.6) is 5.75 Å². The molecule has 6 nitrogen and oxygen atoms in total. The first kappa shape index (κ1) is 17.7. The van der Waals surface area contributed by atoms with Crippen molar-refractivity contribution in [2.24, 2.45) is 0 Å². The Hall–Kier alpha value is -2.38. The Morgan fingerprint density at radius 3 is 2.27 bits per heavy atom. The summed E-state index contributed by atoms with van der Waals surface area (Å²) < 4.78 is 28.2. The average molecular weight is 315 g/mol. The zero-order chi connectivity index (χ0) is 16.8. The molecule has 0 fully saturated rings. The minimum absolute atomic E-state index is 0.0227. The molecule has 1 aromatic rings. The highest BCUT2D eigenvalue weighted by molar-refractivity contribution is 5.96. The van der Waals surface area contributed by atoms with Crippen molar-refractivity contribution in [1.29, 1.82) is 0 Å². The van der Waals surface area contributed by atoms with Crippen molar-refractivity contribution >= 4 is 17.6 Å². The van der Waals surface area contributed by atoms with E-state index in [1.165, 1.54) is 24.3 Å². The third kappa shape index (κ3) is 7.41. The van der Waals surface area contributed by atoms with Gasteiger partial charge in [0.25, 0.3) is 0 Å². The molecule has 22 heavy (non-hydrogen) atoms. The molecule has 0 aliphatic rings. The van der Waals surface area contributed by atoms with Gasteiger partial charge in [-0.2, -0.15) is 8.78 Å². The maximum absolute atomic E-state index is 12.0. The number of imide groups is 1. The van der Waals surface area contributed by atoms with E-state index in [2.05, 4.69) is 20.7 Å². The third-order valence-electron chi connectivity index (χ3n) is 2.27. The lowest BCUT2D eigenvalue weighted by molar-refractivity contribution is -0.118. The van der Waals surface area contributed by atoms with Crippen molar-refractivity contribution in [3.63, 3.8) is 0 Å². The van der Waals surface area contributed by atoms with Crippen LogP contribution < -0.4 is 20.7 Å². The molecular formula is C14H19F2N3O3.